The van der Waals surface area contributed by atoms with E-state index in [-0.39, 0.29) is 12.0 Å². The summed E-state index contributed by atoms with van der Waals surface area (Å²) in [6, 6.07) is 5.27. The Balaban J connectivity index is 2.09. The molecule has 1 aromatic carbocycles. The molecular formula is C18H24N2O5S. The fourth-order valence-corrected chi connectivity index (χ4v) is 4.18. The molecular weight excluding hydrogens is 356 g/mol. The lowest BCUT2D eigenvalue weighted by Crippen LogP contribution is -2.71. The van der Waals surface area contributed by atoms with Crippen LogP contribution in [0.4, 0.5) is 0 Å². The van der Waals surface area contributed by atoms with Crippen molar-refractivity contribution in [1.29, 1.82) is 0 Å². The van der Waals surface area contributed by atoms with Gasteiger partial charge in [0.2, 0.25) is 0 Å². The van der Waals surface area contributed by atoms with Gasteiger partial charge in [-0.25, -0.2) is 0 Å². The van der Waals surface area contributed by atoms with E-state index in [4.69, 9.17) is 31.2 Å². The van der Waals surface area contributed by atoms with Gasteiger partial charge in [-0.15, -0.1) is 0 Å². The zero-order chi connectivity index (χ0) is 18.9. The summed E-state index contributed by atoms with van der Waals surface area (Å²) in [5, 5.41) is 3.85. The number of thiocarbonyl (C=S) groups is 1. The zero-order valence-electron chi connectivity index (χ0n) is 15.4. The molecule has 8 heteroatoms. The van der Waals surface area contributed by atoms with E-state index in [1.165, 1.54) is 7.11 Å². The monoisotopic (exact) mass is 380 g/mol. The molecule has 3 atom stereocenters. The van der Waals surface area contributed by atoms with E-state index in [0.29, 0.717) is 29.8 Å². The number of carbonyl (C=O) groups excluding carboxylic acids is 1. The Bertz CT molecular complexity index is 713. The van der Waals surface area contributed by atoms with E-state index in [0.717, 1.165) is 12.0 Å². The molecule has 1 aromatic rings. The molecule has 0 unspecified atom stereocenters. The maximum absolute atomic E-state index is 12.7. The first-order valence-corrected chi connectivity index (χ1v) is 8.89. The highest BCUT2D eigenvalue weighted by Crippen LogP contribution is 2.51. The van der Waals surface area contributed by atoms with Gasteiger partial charge in [0.15, 0.2) is 22.3 Å². The number of benzene rings is 1. The first kappa shape index (κ1) is 18.7. The first-order valence-electron chi connectivity index (χ1n) is 8.48. The predicted octanol–water partition coefficient (Wildman–Crippen LogP) is 1.86. The number of ether oxygens (including phenoxy) is 4. The van der Waals surface area contributed by atoms with Gasteiger partial charge in [-0.2, -0.15) is 0 Å². The van der Waals surface area contributed by atoms with Crippen molar-refractivity contribution >= 4 is 23.3 Å². The Morgan fingerprint density at radius 3 is 2.81 bits per heavy atom. The van der Waals surface area contributed by atoms with E-state index in [9.17, 15) is 4.79 Å². The van der Waals surface area contributed by atoms with Gasteiger partial charge in [0, 0.05) is 25.8 Å². The molecule has 3 rings (SSSR count). The molecule has 0 aliphatic carbocycles. The minimum absolute atomic E-state index is 0.349. The van der Waals surface area contributed by atoms with Crippen molar-refractivity contribution in [3.8, 4) is 11.5 Å². The minimum Gasteiger partial charge on any atom is -0.493 e. The maximum Gasteiger partial charge on any atom is 0.317 e. The standard InChI is InChI=1S/C18H24N2O5S/c1-18-13(16(21)24-4)14(19-17(26)20(18)9-6-10-22-2)11-7-5-8-12(23-3)15(11)25-18/h5,7-8,13-14H,6,9-10H2,1-4H3,(H,19,26)/t13-,14+,18+/m1/s1. The van der Waals surface area contributed by atoms with E-state index in [1.807, 2.05) is 30.0 Å². The smallest absolute Gasteiger partial charge is 0.317 e. The number of nitrogens with zero attached hydrogens (tertiary/aromatic N) is 1. The fourth-order valence-electron chi connectivity index (χ4n) is 3.78. The van der Waals surface area contributed by atoms with Gasteiger partial charge in [-0.1, -0.05) is 12.1 Å². The number of fused-ring (bicyclic) bond motifs is 4. The van der Waals surface area contributed by atoms with Crippen molar-refractivity contribution in [2.24, 2.45) is 5.92 Å². The SMILES string of the molecule is COCCCN1C(=S)N[C@H]2c3cccc(OC)c3O[C@@]1(C)[C@H]2C(=O)OC. The Morgan fingerprint density at radius 1 is 1.38 bits per heavy atom. The number of para-hydroxylation sites is 1. The van der Waals surface area contributed by atoms with Crippen LogP contribution in [0.5, 0.6) is 11.5 Å². The lowest BCUT2D eigenvalue weighted by Gasteiger charge is -2.55. The summed E-state index contributed by atoms with van der Waals surface area (Å²) in [6.45, 7) is 3.04. The molecule has 0 saturated carbocycles. The maximum atomic E-state index is 12.7. The van der Waals surface area contributed by atoms with Crippen molar-refractivity contribution in [3.05, 3.63) is 23.8 Å². The highest BCUT2D eigenvalue weighted by Gasteiger charge is 2.59. The normalized spacial score (nSPS) is 26.5. The Hall–Kier alpha value is -2.06. The molecule has 0 radical (unpaired) electrons. The molecule has 2 bridgehead atoms. The van der Waals surface area contributed by atoms with Gasteiger partial charge in [0.25, 0.3) is 0 Å². The van der Waals surface area contributed by atoms with Crippen molar-refractivity contribution in [2.45, 2.75) is 25.1 Å². The zero-order valence-corrected chi connectivity index (χ0v) is 16.2. The van der Waals surface area contributed by atoms with Crippen LogP contribution in [0.25, 0.3) is 0 Å². The summed E-state index contributed by atoms with van der Waals surface area (Å²) in [6.07, 6.45) is 0.745. The van der Waals surface area contributed by atoms with Crippen LogP contribution >= 0.6 is 12.2 Å². The molecule has 0 aromatic heterocycles. The summed E-state index contributed by atoms with van der Waals surface area (Å²) in [5.41, 5.74) is -0.161. The van der Waals surface area contributed by atoms with Gasteiger partial charge >= 0.3 is 5.97 Å². The summed E-state index contributed by atoms with van der Waals surface area (Å²) in [5.74, 6) is 0.307. The highest BCUT2D eigenvalue weighted by molar-refractivity contribution is 7.80. The van der Waals surface area contributed by atoms with Gasteiger partial charge in [0.05, 0.1) is 20.3 Å². The summed E-state index contributed by atoms with van der Waals surface area (Å²) >= 11 is 5.58. The molecule has 2 aliphatic rings. The summed E-state index contributed by atoms with van der Waals surface area (Å²) < 4.78 is 22.1. The molecule has 26 heavy (non-hydrogen) atoms. The van der Waals surface area contributed by atoms with E-state index in [2.05, 4.69) is 5.32 Å². The molecule has 1 saturated heterocycles. The van der Waals surface area contributed by atoms with Crippen LogP contribution in [0.2, 0.25) is 0 Å². The lowest BCUT2D eigenvalue weighted by molar-refractivity contribution is -0.173. The third-order valence-corrected chi connectivity index (χ3v) is 5.37. The number of rotatable bonds is 6. The molecule has 7 nitrogen and oxygen atoms in total. The number of hydrogen-bond acceptors (Lipinski definition) is 6. The number of nitrogens with one attached hydrogen (secondary N) is 1. The topological polar surface area (TPSA) is 69.3 Å². The Morgan fingerprint density at radius 2 is 2.15 bits per heavy atom. The lowest BCUT2D eigenvalue weighted by atomic mass is 9.79. The van der Waals surface area contributed by atoms with E-state index < -0.39 is 11.6 Å². The number of carbonyl (C=O) groups is 1. The summed E-state index contributed by atoms with van der Waals surface area (Å²) in [4.78, 5) is 14.6. The van der Waals surface area contributed by atoms with E-state index in [1.54, 1.807) is 14.2 Å². The Labute approximate surface area is 158 Å². The molecule has 142 valence electrons. The second-order valence-electron chi connectivity index (χ2n) is 6.46. The van der Waals surface area contributed by atoms with Gasteiger partial charge in [-0.05, 0) is 31.6 Å². The van der Waals surface area contributed by atoms with Gasteiger partial charge in [0.1, 0.15) is 5.92 Å². The molecule has 1 fully saturated rings. The van der Waals surface area contributed by atoms with Crippen molar-refractivity contribution in [1.82, 2.24) is 10.2 Å². The van der Waals surface area contributed by atoms with Crippen LogP contribution in [-0.4, -0.2) is 56.2 Å². The van der Waals surface area contributed by atoms with Crippen LogP contribution in [-0.2, 0) is 14.3 Å². The first-order chi connectivity index (χ1) is 12.5. The molecule has 0 spiro atoms. The quantitative estimate of drug-likeness (QED) is 0.456. The van der Waals surface area contributed by atoms with Crippen LogP contribution in [0.1, 0.15) is 24.9 Å². The molecule has 0 amide bonds. The number of esters is 1. The third-order valence-electron chi connectivity index (χ3n) is 5.03. The van der Waals surface area contributed by atoms with Crippen LogP contribution in [0, 0.1) is 5.92 Å². The average Bonchev–Trinajstić information content (AvgIpc) is 2.63. The average molecular weight is 380 g/mol. The van der Waals surface area contributed by atoms with Crippen LogP contribution in [0.3, 0.4) is 0 Å². The second-order valence-corrected chi connectivity index (χ2v) is 6.85. The largest absolute Gasteiger partial charge is 0.493 e. The predicted molar refractivity (Wildman–Crippen MR) is 99.2 cm³/mol. The van der Waals surface area contributed by atoms with Crippen molar-refractivity contribution < 1.29 is 23.7 Å². The third kappa shape index (κ3) is 2.87. The minimum atomic E-state index is -0.991. The number of methoxy groups -OCH3 is 3. The second kappa shape index (κ2) is 7.28. The Kier molecular flexibility index (Phi) is 5.24. The molecule has 2 heterocycles. The van der Waals surface area contributed by atoms with Crippen molar-refractivity contribution in [2.75, 3.05) is 34.5 Å². The van der Waals surface area contributed by atoms with Crippen LogP contribution < -0.4 is 14.8 Å². The van der Waals surface area contributed by atoms with Gasteiger partial charge < -0.3 is 29.2 Å². The van der Waals surface area contributed by atoms with E-state index >= 15 is 0 Å². The summed E-state index contributed by atoms with van der Waals surface area (Å²) in [7, 11) is 4.63. The molecule has 1 N–H and O–H groups in total. The van der Waals surface area contributed by atoms with Crippen molar-refractivity contribution in [3.63, 3.8) is 0 Å². The number of hydrogen-bond donors (Lipinski definition) is 1. The molecule has 2 aliphatic heterocycles. The fraction of sp³-hybridized carbons (Fsp3) is 0.556. The van der Waals surface area contributed by atoms with Gasteiger partial charge in [-0.3, -0.25) is 4.79 Å². The van der Waals surface area contributed by atoms with Crippen LogP contribution in [0.15, 0.2) is 18.2 Å². The highest BCUT2D eigenvalue weighted by atomic mass is 32.1.